The van der Waals surface area contributed by atoms with Gasteiger partial charge in [0.15, 0.2) is 0 Å². The number of nitrogens with zero attached hydrogens (tertiary/aromatic N) is 1. The third kappa shape index (κ3) is 5.24. The van der Waals surface area contributed by atoms with Gasteiger partial charge >= 0.3 is 0 Å². The second-order valence-electron chi connectivity index (χ2n) is 6.83. The van der Waals surface area contributed by atoms with Crippen LogP contribution in [0.1, 0.15) is 51.9 Å². The van der Waals surface area contributed by atoms with E-state index in [1.54, 1.807) is 0 Å². The quantitative estimate of drug-likeness (QED) is 0.679. The molecule has 0 radical (unpaired) electrons. The predicted octanol–water partition coefficient (Wildman–Crippen LogP) is 0.855. The number of amides is 1. The van der Waals surface area contributed by atoms with Crippen LogP contribution < -0.4 is 11.1 Å². The molecule has 1 saturated heterocycles. The summed E-state index contributed by atoms with van der Waals surface area (Å²) in [5.41, 5.74) is 5.34. The van der Waals surface area contributed by atoms with E-state index in [1.165, 1.54) is 32.1 Å². The largest absolute Gasteiger partial charge is 0.393 e. The minimum absolute atomic E-state index is 0.240. The van der Waals surface area contributed by atoms with Crippen LogP contribution in [0, 0.1) is 5.92 Å². The molecule has 0 spiro atoms. The second-order valence-corrected chi connectivity index (χ2v) is 6.83. The summed E-state index contributed by atoms with van der Waals surface area (Å²) < 4.78 is 0. The molecule has 1 aliphatic heterocycles. The van der Waals surface area contributed by atoms with Gasteiger partial charge in [-0.05, 0) is 31.6 Å². The molecule has 2 fully saturated rings. The number of rotatable bonds is 6. The molecule has 3 unspecified atom stereocenters. The molecular weight excluding hydrogens is 266 g/mol. The summed E-state index contributed by atoms with van der Waals surface area (Å²) in [6.07, 6.45) is 7.99. The lowest BCUT2D eigenvalue weighted by Crippen LogP contribution is -2.55. The number of nitrogens with one attached hydrogen (secondary N) is 1. The Kier molecular flexibility index (Phi) is 6.45. The van der Waals surface area contributed by atoms with Gasteiger partial charge < -0.3 is 16.2 Å². The number of primary amides is 1. The highest BCUT2D eigenvalue weighted by atomic mass is 16.3. The summed E-state index contributed by atoms with van der Waals surface area (Å²) in [7, 11) is 0. The lowest BCUT2D eigenvalue weighted by atomic mass is 9.87. The van der Waals surface area contributed by atoms with Crippen LogP contribution in [0.25, 0.3) is 0 Å². The van der Waals surface area contributed by atoms with Crippen LogP contribution in [0.15, 0.2) is 0 Å². The van der Waals surface area contributed by atoms with E-state index < -0.39 is 0 Å². The van der Waals surface area contributed by atoms with Crippen LogP contribution in [-0.4, -0.2) is 53.7 Å². The van der Waals surface area contributed by atoms with Gasteiger partial charge in [-0.15, -0.1) is 0 Å². The summed E-state index contributed by atoms with van der Waals surface area (Å²) in [5.74, 6) is -0.0396. The maximum Gasteiger partial charge on any atom is 0.231 e. The van der Waals surface area contributed by atoms with Gasteiger partial charge in [-0.25, -0.2) is 0 Å². The number of aliphatic hydroxyl groups is 1. The Hall–Kier alpha value is -0.650. The van der Waals surface area contributed by atoms with Gasteiger partial charge in [0, 0.05) is 25.2 Å². The molecule has 0 aromatic heterocycles. The zero-order chi connectivity index (χ0) is 15.2. The van der Waals surface area contributed by atoms with E-state index in [2.05, 4.69) is 10.2 Å². The Morgan fingerprint density at radius 2 is 2.00 bits per heavy atom. The summed E-state index contributed by atoms with van der Waals surface area (Å²) >= 11 is 0. The van der Waals surface area contributed by atoms with Crippen molar-refractivity contribution in [3.05, 3.63) is 0 Å². The lowest BCUT2D eigenvalue weighted by molar-refractivity contribution is -0.120. The van der Waals surface area contributed by atoms with Crippen LogP contribution in [0.4, 0.5) is 0 Å². The minimum atomic E-state index is -0.281. The molecule has 122 valence electrons. The van der Waals surface area contributed by atoms with E-state index in [0.29, 0.717) is 18.6 Å². The topological polar surface area (TPSA) is 78.6 Å². The van der Waals surface area contributed by atoms with Gasteiger partial charge in [0.2, 0.25) is 5.91 Å². The van der Waals surface area contributed by atoms with Crippen molar-refractivity contribution in [2.24, 2.45) is 11.7 Å². The zero-order valence-corrected chi connectivity index (χ0v) is 13.3. The number of hydrogen-bond acceptors (Lipinski definition) is 4. The van der Waals surface area contributed by atoms with E-state index in [4.69, 9.17) is 5.73 Å². The lowest BCUT2D eigenvalue weighted by Gasteiger charge is -2.41. The first-order valence-corrected chi connectivity index (χ1v) is 8.53. The molecule has 4 N–H and O–H groups in total. The molecule has 1 amide bonds. The number of carbonyl (C=O) groups excluding carboxylic acids is 1. The van der Waals surface area contributed by atoms with Gasteiger partial charge in [-0.1, -0.05) is 26.2 Å². The summed E-state index contributed by atoms with van der Waals surface area (Å²) in [4.78, 5) is 13.3. The highest BCUT2D eigenvalue weighted by Gasteiger charge is 2.32. The summed E-state index contributed by atoms with van der Waals surface area (Å²) in [6, 6.07) is 0.976. The van der Waals surface area contributed by atoms with Crippen LogP contribution >= 0.6 is 0 Å². The Labute approximate surface area is 128 Å². The zero-order valence-electron chi connectivity index (χ0n) is 13.3. The fourth-order valence-electron chi connectivity index (χ4n) is 3.92. The first-order chi connectivity index (χ1) is 10.1. The molecule has 3 atom stereocenters. The van der Waals surface area contributed by atoms with Crippen molar-refractivity contribution in [1.82, 2.24) is 10.2 Å². The summed E-state index contributed by atoms with van der Waals surface area (Å²) in [5, 5.41) is 14.0. The number of aliphatic hydroxyl groups excluding tert-OH is 1. The van der Waals surface area contributed by atoms with Crippen molar-refractivity contribution in [1.29, 1.82) is 0 Å². The number of piperidine rings is 1. The summed E-state index contributed by atoms with van der Waals surface area (Å²) in [6.45, 7) is 3.96. The Morgan fingerprint density at radius 3 is 2.62 bits per heavy atom. The van der Waals surface area contributed by atoms with Crippen molar-refractivity contribution < 1.29 is 9.90 Å². The van der Waals surface area contributed by atoms with Gasteiger partial charge in [-0.2, -0.15) is 0 Å². The van der Waals surface area contributed by atoms with Crippen LogP contribution in [0.5, 0.6) is 0 Å². The number of likely N-dealkylation sites (tertiary alicyclic amines) is 1. The predicted molar refractivity (Wildman–Crippen MR) is 83.8 cm³/mol. The molecule has 5 heteroatoms. The van der Waals surface area contributed by atoms with E-state index in [-0.39, 0.29) is 17.9 Å². The highest BCUT2D eigenvalue weighted by molar-refractivity contribution is 5.75. The minimum Gasteiger partial charge on any atom is -0.393 e. The Balaban J connectivity index is 1.92. The molecule has 0 bridgehead atoms. The average Bonchev–Trinajstić information content (AvgIpc) is 2.46. The van der Waals surface area contributed by atoms with Crippen LogP contribution in [0.2, 0.25) is 0 Å². The molecule has 1 saturated carbocycles. The van der Waals surface area contributed by atoms with Crippen molar-refractivity contribution in [3.8, 4) is 0 Å². The molecule has 2 rings (SSSR count). The molecule has 5 nitrogen and oxygen atoms in total. The van der Waals surface area contributed by atoms with Crippen LogP contribution in [0.3, 0.4) is 0 Å². The third-order valence-electron chi connectivity index (χ3n) is 4.98. The smallest absolute Gasteiger partial charge is 0.231 e. The first-order valence-electron chi connectivity index (χ1n) is 8.53. The van der Waals surface area contributed by atoms with Crippen molar-refractivity contribution >= 4 is 5.91 Å². The van der Waals surface area contributed by atoms with E-state index >= 15 is 0 Å². The van der Waals surface area contributed by atoms with Crippen molar-refractivity contribution in [2.75, 3.05) is 19.6 Å². The van der Waals surface area contributed by atoms with Gasteiger partial charge in [0.25, 0.3) is 0 Å². The van der Waals surface area contributed by atoms with Gasteiger partial charge in [0.1, 0.15) is 0 Å². The number of nitrogens with two attached hydrogens (primary N) is 1. The maximum atomic E-state index is 11.2. The molecule has 2 aliphatic rings. The normalized spacial score (nSPS) is 30.2. The highest BCUT2D eigenvalue weighted by Crippen LogP contribution is 2.24. The molecule has 21 heavy (non-hydrogen) atoms. The molecule has 1 heterocycles. The van der Waals surface area contributed by atoms with Crippen molar-refractivity contribution in [2.45, 2.75) is 70.1 Å². The Morgan fingerprint density at radius 1 is 1.29 bits per heavy atom. The van der Waals surface area contributed by atoms with E-state index in [9.17, 15) is 9.90 Å². The van der Waals surface area contributed by atoms with Gasteiger partial charge in [-0.3, -0.25) is 9.69 Å². The first kappa shape index (κ1) is 16.7. The second kappa shape index (κ2) is 8.11. The molecular formula is C16H31N3O2. The van der Waals surface area contributed by atoms with E-state index in [0.717, 1.165) is 25.9 Å². The fraction of sp³-hybridized carbons (Fsp3) is 0.938. The van der Waals surface area contributed by atoms with E-state index in [1.807, 2.05) is 6.92 Å². The number of carbonyl (C=O) groups is 1. The maximum absolute atomic E-state index is 11.2. The molecule has 0 aromatic rings. The molecule has 0 aromatic carbocycles. The van der Waals surface area contributed by atoms with Gasteiger partial charge in [0.05, 0.1) is 12.6 Å². The molecule has 1 aliphatic carbocycles. The monoisotopic (exact) mass is 297 g/mol. The average molecular weight is 297 g/mol. The SMILES string of the molecule is CCC(O)C1CC(NC2CCCCC2)CN(CC(N)=O)C1. The Bertz CT molecular complexity index is 329. The van der Waals surface area contributed by atoms with Crippen molar-refractivity contribution in [3.63, 3.8) is 0 Å². The van der Waals surface area contributed by atoms with Crippen LogP contribution in [-0.2, 0) is 4.79 Å². The third-order valence-corrected chi connectivity index (χ3v) is 4.98. The fourth-order valence-corrected chi connectivity index (χ4v) is 3.92. The standard InChI is InChI=1S/C16H31N3O2/c1-2-15(20)12-8-14(10-19(9-12)11-16(17)21)18-13-6-4-3-5-7-13/h12-15,18,20H,2-11H2,1H3,(H2,17,21). The number of hydrogen-bond donors (Lipinski definition) is 3.